The summed E-state index contributed by atoms with van der Waals surface area (Å²) in [7, 11) is 0. The number of azo groups is 2. The highest BCUT2D eigenvalue weighted by molar-refractivity contribution is 5.95. The lowest BCUT2D eigenvalue weighted by molar-refractivity contribution is -0.120. The van der Waals surface area contributed by atoms with E-state index in [2.05, 4.69) is 30.4 Å². The van der Waals surface area contributed by atoms with Crippen LogP contribution in [0.1, 0.15) is 36.8 Å². The van der Waals surface area contributed by atoms with Gasteiger partial charge in [-0.15, -0.1) is 20.5 Å². The molecular weight excluding hydrogens is 436 g/mol. The highest BCUT2D eigenvalue weighted by Crippen LogP contribution is 2.37. The highest BCUT2D eigenvalue weighted by atomic mass is 16.3. The Bertz CT molecular complexity index is 1450. The van der Waals surface area contributed by atoms with Gasteiger partial charge in [0.15, 0.2) is 11.4 Å². The van der Waals surface area contributed by atoms with Gasteiger partial charge in [0.2, 0.25) is 11.8 Å². The summed E-state index contributed by atoms with van der Waals surface area (Å²) in [6.45, 7) is 3.85. The Morgan fingerprint density at radius 3 is 1.91 bits per heavy atom. The van der Waals surface area contributed by atoms with Crippen molar-refractivity contribution in [1.29, 1.82) is 0 Å². The maximum absolute atomic E-state index is 12.1. The summed E-state index contributed by atoms with van der Waals surface area (Å²) < 4.78 is 0. The smallest absolute Gasteiger partial charge is 0.264 e. The molecule has 4 aromatic rings. The lowest BCUT2D eigenvalue weighted by atomic mass is 10.1. The molecule has 10 heteroatoms. The van der Waals surface area contributed by atoms with Crippen molar-refractivity contribution in [2.75, 3.05) is 0 Å². The molecule has 2 heterocycles. The summed E-state index contributed by atoms with van der Waals surface area (Å²) in [6, 6.07) is 11.1. The summed E-state index contributed by atoms with van der Waals surface area (Å²) in [6.07, 6.45) is 1.07. The number of hydrogen-bond donors (Lipinski definition) is 4. The Morgan fingerprint density at radius 2 is 1.26 bits per heavy atom. The van der Waals surface area contributed by atoms with Crippen LogP contribution in [0.25, 0.3) is 21.8 Å². The fraction of sp³-hybridized carbons (Fsp3) is 0.250. The van der Waals surface area contributed by atoms with Crippen LogP contribution < -0.4 is 0 Å². The summed E-state index contributed by atoms with van der Waals surface area (Å²) in [5, 5.41) is 36.6. The number of aryl methyl sites for hydroxylation is 2. The second-order valence-electron chi connectivity index (χ2n) is 8.14. The van der Waals surface area contributed by atoms with Crippen LogP contribution in [0.5, 0.6) is 11.8 Å². The van der Waals surface area contributed by atoms with Gasteiger partial charge < -0.3 is 20.2 Å². The van der Waals surface area contributed by atoms with Crippen molar-refractivity contribution in [2.45, 2.75) is 39.5 Å². The van der Waals surface area contributed by atoms with Crippen LogP contribution in [-0.4, -0.2) is 32.0 Å². The number of carbonyl (C=O) groups excluding carboxylic acids is 2. The number of nitrogens with zero attached hydrogens (tertiary/aromatic N) is 4. The van der Waals surface area contributed by atoms with Crippen molar-refractivity contribution in [1.82, 2.24) is 9.97 Å². The molecule has 0 aliphatic carbocycles. The fourth-order valence-electron chi connectivity index (χ4n) is 3.63. The number of hydrogen-bond acceptors (Lipinski definition) is 6. The third kappa shape index (κ3) is 5.01. The van der Waals surface area contributed by atoms with E-state index in [1.165, 1.54) is 0 Å². The second kappa shape index (κ2) is 9.65. The van der Waals surface area contributed by atoms with Gasteiger partial charge >= 0.3 is 0 Å². The summed E-state index contributed by atoms with van der Waals surface area (Å²) in [5.74, 6) is -1.20. The standard InChI is InChI=1S/C24H24N6O4/c1-13-8-10-17-16(11-13)22(24(34)25-17)30-28-20(32)6-4-3-5-19(31)27-29-21-15-9-7-14(2)12-18(15)26-23(21)33/h7-12,25-26,33-34H,3-6H2,1-2H3. The zero-order valence-corrected chi connectivity index (χ0v) is 18.8. The molecule has 0 spiro atoms. The molecule has 4 rings (SSSR count). The van der Waals surface area contributed by atoms with E-state index < -0.39 is 11.8 Å². The van der Waals surface area contributed by atoms with E-state index in [4.69, 9.17) is 0 Å². The molecule has 0 saturated carbocycles. The molecule has 0 fully saturated rings. The quantitative estimate of drug-likeness (QED) is 0.192. The molecule has 0 radical (unpaired) electrons. The number of amides is 2. The van der Waals surface area contributed by atoms with Crippen molar-refractivity contribution in [3.05, 3.63) is 47.5 Å². The van der Waals surface area contributed by atoms with Gasteiger partial charge in [0, 0.05) is 23.6 Å². The molecule has 10 nitrogen and oxygen atoms in total. The summed E-state index contributed by atoms with van der Waals surface area (Å²) >= 11 is 0. The number of unbranched alkanes of at least 4 members (excludes halogenated alkanes) is 1. The van der Waals surface area contributed by atoms with Crippen LogP contribution in [0, 0.1) is 13.8 Å². The van der Waals surface area contributed by atoms with Crippen molar-refractivity contribution in [2.24, 2.45) is 20.5 Å². The van der Waals surface area contributed by atoms with Crippen molar-refractivity contribution < 1.29 is 19.8 Å². The average molecular weight is 460 g/mol. The molecule has 2 aromatic heterocycles. The average Bonchev–Trinajstić information content (AvgIpc) is 3.27. The monoisotopic (exact) mass is 460 g/mol. The van der Waals surface area contributed by atoms with Crippen LogP contribution in [0.2, 0.25) is 0 Å². The summed E-state index contributed by atoms with van der Waals surface area (Å²) in [4.78, 5) is 29.7. The molecule has 0 saturated heterocycles. The number of rotatable bonds is 7. The van der Waals surface area contributed by atoms with Gasteiger partial charge in [-0.3, -0.25) is 9.59 Å². The van der Waals surface area contributed by atoms with Crippen LogP contribution in [0.3, 0.4) is 0 Å². The van der Waals surface area contributed by atoms with E-state index in [0.29, 0.717) is 34.6 Å². The molecule has 0 aliphatic heterocycles. The number of nitrogens with one attached hydrogen (secondary N) is 2. The molecule has 0 atom stereocenters. The number of H-pyrrole nitrogens is 2. The van der Waals surface area contributed by atoms with Crippen LogP contribution >= 0.6 is 0 Å². The minimum atomic E-state index is -0.450. The van der Waals surface area contributed by atoms with E-state index in [0.717, 1.165) is 11.1 Å². The summed E-state index contributed by atoms with van der Waals surface area (Å²) in [5.41, 5.74) is 3.87. The Kier molecular flexibility index (Phi) is 6.48. The number of aromatic nitrogens is 2. The van der Waals surface area contributed by atoms with Crippen LogP contribution in [0.4, 0.5) is 11.4 Å². The Balaban J connectivity index is 1.27. The van der Waals surface area contributed by atoms with Crippen LogP contribution in [0.15, 0.2) is 56.9 Å². The normalized spacial score (nSPS) is 11.9. The lowest BCUT2D eigenvalue weighted by Crippen LogP contribution is -1.95. The molecule has 0 unspecified atom stereocenters. The minimum Gasteiger partial charge on any atom is -0.493 e. The Labute approximate surface area is 194 Å². The largest absolute Gasteiger partial charge is 0.493 e. The molecular formula is C24H24N6O4. The van der Waals surface area contributed by atoms with E-state index in [-0.39, 0.29) is 36.0 Å². The predicted octanol–water partition coefficient (Wildman–Crippen LogP) is 6.16. The van der Waals surface area contributed by atoms with Gasteiger partial charge in [-0.2, -0.15) is 0 Å². The Morgan fingerprint density at radius 1 is 0.735 bits per heavy atom. The fourth-order valence-corrected chi connectivity index (χ4v) is 3.63. The number of aromatic amines is 2. The number of aromatic hydroxyl groups is 2. The van der Waals surface area contributed by atoms with Gasteiger partial charge in [-0.05, 0) is 50.5 Å². The molecule has 2 amide bonds. The van der Waals surface area contributed by atoms with Gasteiger partial charge in [0.05, 0.1) is 11.0 Å². The van der Waals surface area contributed by atoms with Crippen LogP contribution in [-0.2, 0) is 9.59 Å². The molecule has 0 bridgehead atoms. The first-order valence-corrected chi connectivity index (χ1v) is 10.8. The molecule has 0 aliphatic rings. The Hall–Kier alpha value is -4.34. The third-order valence-corrected chi connectivity index (χ3v) is 5.37. The number of fused-ring (bicyclic) bond motifs is 2. The van der Waals surface area contributed by atoms with Gasteiger partial charge in [-0.1, -0.05) is 23.8 Å². The van der Waals surface area contributed by atoms with Crippen molar-refractivity contribution in [3.8, 4) is 11.8 Å². The molecule has 174 valence electrons. The first-order valence-electron chi connectivity index (χ1n) is 10.8. The van der Waals surface area contributed by atoms with Crippen molar-refractivity contribution in [3.63, 3.8) is 0 Å². The molecule has 4 N–H and O–H groups in total. The number of carbonyl (C=O) groups is 2. The maximum atomic E-state index is 12.1. The van der Waals surface area contributed by atoms with E-state index in [1.54, 1.807) is 6.07 Å². The van der Waals surface area contributed by atoms with Gasteiger partial charge in [0.25, 0.3) is 11.8 Å². The predicted molar refractivity (Wildman–Crippen MR) is 127 cm³/mol. The second-order valence-corrected chi connectivity index (χ2v) is 8.14. The first-order chi connectivity index (χ1) is 16.3. The third-order valence-electron chi connectivity index (χ3n) is 5.37. The first kappa shape index (κ1) is 22.8. The topological polar surface area (TPSA) is 156 Å². The molecule has 2 aromatic carbocycles. The van der Waals surface area contributed by atoms with Crippen molar-refractivity contribution >= 4 is 45.0 Å². The van der Waals surface area contributed by atoms with Gasteiger partial charge in [-0.25, -0.2) is 0 Å². The highest BCUT2D eigenvalue weighted by Gasteiger charge is 2.12. The van der Waals surface area contributed by atoms with Gasteiger partial charge in [0.1, 0.15) is 0 Å². The zero-order valence-electron chi connectivity index (χ0n) is 18.8. The molecule has 34 heavy (non-hydrogen) atoms. The van der Waals surface area contributed by atoms with E-state index >= 15 is 0 Å². The zero-order chi connectivity index (χ0) is 24.2. The minimum absolute atomic E-state index is 0.110. The van der Waals surface area contributed by atoms with E-state index in [1.807, 2.05) is 44.2 Å². The lowest BCUT2D eigenvalue weighted by Gasteiger charge is -1.96. The SMILES string of the molecule is Cc1ccc2c(N=NC(=O)CCCCC(=O)N=Nc3c(O)[nH]c4ccc(C)cc34)c(O)[nH]c2c1. The van der Waals surface area contributed by atoms with E-state index in [9.17, 15) is 19.8 Å². The number of benzene rings is 2. The maximum Gasteiger partial charge on any atom is 0.264 e.